The zero-order chi connectivity index (χ0) is 7.33. The van der Waals surface area contributed by atoms with Crippen LogP contribution in [0.5, 0.6) is 0 Å². The zero-order valence-electron chi connectivity index (χ0n) is 5.85. The van der Waals surface area contributed by atoms with Crippen LogP contribution in [0.4, 0.5) is 0 Å². The van der Waals surface area contributed by atoms with E-state index in [0.717, 1.165) is 0 Å². The summed E-state index contributed by atoms with van der Waals surface area (Å²) in [5.41, 5.74) is 0. The summed E-state index contributed by atoms with van der Waals surface area (Å²) < 4.78 is 21.5. The highest BCUT2D eigenvalue weighted by Gasteiger charge is 2.05. The van der Waals surface area contributed by atoms with Crippen LogP contribution in [0.25, 0.3) is 0 Å². The Hall–Kier alpha value is -0.0900. The van der Waals surface area contributed by atoms with Crippen molar-refractivity contribution in [3.63, 3.8) is 0 Å². The van der Waals surface area contributed by atoms with Crippen molar-refractivity contribution in [3.05, 3.63) is 0 Å². The molecule has 0 saturated carbocycles. The van der Waals surface area contributed by atoms with Crippen LogP contribution < -0.4 is 5.32 Å². The molecule has 56 valence electrons. The van der Waals surface area contributed by atoms with E-state index in [2.05, 4.69) is 5.32 Å². The summed E-state index contributed by atoms with van der Waals surface area (Å²) in [6, 6.07) is 0. The summed E-state index contributed by atoms with van der Waals surface area (Å²) in [5, 5.41) is 2.60. The molecule has 0 bridgehead atoms. The van der Waals surface area contributed by atoms with Crippen LogP contribution in [0.1, 0.15) is 13.3 Å². The van der Waals surface area contributed by atoms with E-state index in [4.69, 9.17) is 0 Å². The third-order valence-electron chi connectivity index (χ3n) is 0.879. The Morgan fingerprint density at radius 1 is 1.44 bits per heavy atom. The quantitative estimate of drug-likeness (QED) is 0.614. The first-order valence-electron chi connectivity index (χ1n) is 2.97. The highest BCUT2D eigenvalue weighted by molar-refractivity contribution is 7.91. The van der Waals surface area contributed by atoms with E-state index in [0.29, 0.717) is 6.42 Å². The molecular weight excluding hydrogens is 138 g/mol. The van der Waals surface area contributed by atoms with Crippen molar-refractivity contribution in [3.8, 4) is 0 Å². The molecule has 1 N–H and O–H groups in total. The number of sulfone groups is 1. The minimum atomic E-state index is -2.79. The maximum Gasteiger partial charge on any atom is 0.163 e. The third-order valence-corrected chi connectivity index (χ3v) is 2.64. The number of hydrogen-bond acceptors (Lipinski definition) is 3. The van der Waals surface area contributed by atoms with Gasteiger partial charge in [0.05, 0.1) is 11.6 Å². The van der Waals surface area contributed by atoms with Gasteiger partial charge < -0.3 is 5.32 Å². The minimum Gasteiger partial charge on any atom is -0.307 e. The van der Waals surface area contributed by atoms with Gasteiger partial charge in [0, 0.05) is 0 Å². The molecule has 0 aromatic carbocycles. The molecule has 0 saturated heterocycles. The van der Waals surface area contributed by atoms with Crippen LogP contribution in [0.2, 0.25) is 0 Å². The van der Waals surface area contributed by atoms with E-state index in [-0.39, 0.29) is 11.6 Å². The van der Waals surface area contributed by atoms with Crippen molar-refractivity contribution in [2.45, 2.75) is 13.3 Å². The van der Waals surface area contributed by atoms with Gasteiger partial charge >= 0.3 is 0 Å². The van der Waals surface area contributed by atoms with Crippen LogP contribution >= 0.6 is 0 Å². The summed E-state index contributed by atoms with van der Waals surface area (Å²) in [7, 11) is -1.16. The SMILES string of the molecule is CCCS(=O)(=O)CNC. The molecule has 0 rings (SSSR count). The standard InChI is InChI=1S/C5H13NO2S/c1-3-4-9(7,8)5-6-2/h6H,3-5H2,1-2H3. The highest BCUT2D eigenvalue weighted by atomic mass is 32.2. The topological polar surface area (TPSA) is 46.2 Å². The molecule has 0 aliphatic carbocycles. The monoisotopic (exact) mass is 151 g/mol. The molecule has 4 heteroatoms. The largest absolute Gasteiger partial charge is 0.307 e. The van der Waals surface area contributed by atoms with E-state index >= 15 is 0 Å². The molecule has 0 spiro atoms. The molecule has 0 aliphatic heterocycles. The second kappa shape index (κ2) is 3.85. The Morgan fingerprint density at radius 3 is 2.33 bits per heavy atom. The summed E-state index contributed by atoms with van der Waals surface area (Å²) >= 11 is 0. The van der Waals surface area contributed by atoms with Crippen LogP contribution in [0.15, 0.2) is 0 Å². The molecule has 0 amide bonds. The molecule has 0 aliphatic rings. The molecule has 0 radical (unpaired) electrons. The maximum absolute atomic E-state index is 10.8. The van der Waals surface area contributed by atoms with Crippen LogP contribution in [-0.4, -0.2) is 27.1 Å². The molecule has 0 aromatic heterocycles. The van der Waals surface area contributed by atoms with Crippen molar-refractivity contribution < 1.29 is 8.42 Å². The van der Waals surface area contributed by atoms with Crippen LogP contribution in [0, 0.1) is 0 Å². The first-order chi connectivity index (χ1) is 4.12. The lowest BCUT2D eigenvalue weighted by molar-refractivity contribution is 0.590. The molecule has 0 heterocycles. The Morgan fingerprint density at radius 2 is 2.00 bits per heavy atom. The lowest BCUT2D eigenvalue weighted by Gasteiger charge is -1.98. The fraction of sp³-hybridized carbons (Fsp3) is 1.00. The van der Waals surface area contributed by atoms with Gasteiger partial charge in [0.15, 0.2) is 9.84 Å². The van der Waals surface area contributed by atoms with E-state index < -0.39 is 9.84 Å². The van der Waals surface area contributed by atoms with Gasteiger partial charge in [-0.2, -0.15) is 0 Å². The van der Waals surface area contributed by atoms with Crippen molar-refractivity contribution >= 4 is 9.84 Å². The molecule has 9 heavy (non-hydrogen) atoms. The van der Waals surface area contributed by atoms with Gasteiger partial charge in [-0.3, -0.25) is 0 Å². The maximum atomic E-state index is 10.8. The average molecular weight is 151 g/mol. The summed E-state index contributed by atoms with van der Waals surface area (Å²) in [6.07, 6.45) is 0.698. The summed E-state index contributed by atoms with van der Waals surface area (Å²) in [6.45, 7) is 1.85. The predicted octanol–water partition coefficient (Wildman–Crippen LogP) is -0.0119. The number of nitrogens with one attached hydrogen (secondary N) is 1. The van der Waals surface area contributed by atoms with Crippen LogP contribution in [-0.2, 0) is 9.84 Å². The van der Waals surface area contributed by atoms with Crippen molar-refractivity contribution in [1.82, 2.24) is 5.32 Å². The Balaban J connectivity index is 3.73. The van der Waals surface area contributed by atoms with Crippen LogP contribution in [0.3, 0.4) is 0 Å². The van der Waals surface area contributed by atoms with Crippen molar-refractivity contribution in [2.75, 3.05) is 18.7 Å². The second-order valence-electron chi connectivity index (χ2n) is 1.95. The fourth-order valence-corrected chi connectivity index (χ4v) is 1.81. The van der Waals surface area contributed by atoms with Gasteiger partial charge in [-0.15, -0.1) is 0 Å². The molecule has 3 nitrogen and oxygen atoms in total. The number of hydrogen-bond donors (Lipinski definition) is 1. The van der Waals surface area contributed by atoms with Gasteiger partial charge in [-0.25, -0.2) is 8.42 Å². The van der Waals surface area contributed by atoms with Gasteiger partial charge in [-0.05, 0) is 13.5 Å². The molecule has 0 fully saturated rings. The Kier molecular flexibility index (Phi) is 3.81. The van der Waals surface area contributed by atoms with Gasteiger partial charge in [0.2, 0.25) is 0 Å². The lowest BCUT2D eigenvalue weighted by Crippen LogP contribution is -2.21. The average Bonchev–Trinajstić information content (AvgIpc) is 1.64. The summed E-state index contributed by atoms with van der Waals surface area (Å²) in [4.78, 5) is 0. The van der Waals surface area contributed by atoms with Gasteiger partial charge in [0.1, 0.15) is 0 Å². The Labute approximate surface area is 56.4 Å². The smallest absolute Gasteiger partial charge is 0.163 e. The van der Waals surface area contributed by atoms with Crippen molar-refractivity contribution in [2.24, 2.45) is 0 Å². The highest BCUT2D eigenvalue weighted by Crippen LogP contribution is 1.89. The van der Waals surface area contributed by atoms with E-state index in [1.165, 1.54) is 0 Å². The molecule has 0 unspecified atom stereocenters. The van der Waals surface area contributed by atoms with E-state index in [1.54, 1.807) is 7.05 Å². The van der Waals surface area contributed by atoms with E-state index in [1.807, 2.05) is 6.92 Å². The first-order valence-corrected chi connectivity index (χ1v) is 4.79. The molecular formula is C5H13NO2S. The lowest BCUT2D eigenvalue weighted by atomic mass is 10.6. The predicted molar refractivity (Wildman–Crippen MR) is 38.0 cm³/mol. The Bertz CT molecular complexity index is 138. The van der Waals surface area contributed by atoms with Gasteiger partial charge in [-0.1, -0.05) is 6.92 Å². The first kappa shape index (κ1) is 8.91. The van der Waals surface area contributed by atoms with Crippen molar-refractivity contribution in [1.29, 1.82) is 0 Å². The number of rotatable bonds is 4. The third kappa shape index (κ3) is 4.42. The molecule has 0 atom stereocenters. The summed E-state index contributed by atoms with van der Waals surface area (Å²) in [5.74, 6) is 0.384. The van der Waals surface area contributed by atoms with E-state index in [9.17, 15) is 8.42 Å². The normalized spacial score (nSPS) is 11.8. The zero-order valence-corrected chi connectivity index (χ0v) is 6.66. The fourth-order valence-electron chi connectivity index (χ4n) is 0.603. The van der Waals surface area contributed by atoms with Gasteiger partial charge in [0.25, 0.3) is 0 Å². The minimum absolute atomic E-state index is 0.0981. The molecule has 0 aromatic rings. The second-order valence-corrected chi connectivity index (χ2v) is 4.13.